The van der Waals surface area contributed by atoms with Gasteiger partial charge >= 0.3 is 6.09 Å². The molecule has 0 bridgehead atoms. The van der Waals surface area contributed by atoms with Gasteiger partial charge in [-0.3, -0.25) is 4.79 Å². The molecule has 7 heteroatoms. The maximum absolute atomic E-state index is 12.5. The quantitative estimate of drug-likeness (QED) is 0.847. The summed E-state index contributed by atoms with van der Waals surface area (Å²) in [5, 5.41) is 2.75. The monoisotopic (exact) mass is 368 g/mol. The van der Waals surface area contributed by atoms with Crippen LogP contribution in [0, 0.1) is 0 Å². The molecule has 0 saturated carbocycles. The molecule has 1 unspecified atom stereocenters. The first-order valence-corrected chi connectivity index (χ1v) is 8.83. The highest BCUT2D eigenvalue weighted by Gasteiger charge is 2.24. The average molecular weight is 368 g/mol. The number of nitrogens with one attached hydrogen (secondary N) is 1. The second-order valence-corrected chi connectivity index (χ2v) is 6.77. The number of benzene rings is 2. The van der Waals surface area contributed by atoms with E-state index in [0.29, 0.717) is 17.3 Å². The van der Waals surface area contributed by atoms with Crippen molar-refractivity contribution in [3.8, 4) is 5.75 Å². The minimum absolute atomic E-state index is 0.210. The van der Waals surface area contributed by atoms with E-state index in [2.05, 4.69) is 29.2 Å². The van der Waals surface area contributed by atoms with Crippen LogP contribution in [0.25, 0.3) is 0 Å². The molecule has 2 aromatic carbocycles. The second kappa shape index (κ2) is 8.09. The van der Waals surface area contributed by atoms with E-state index < -0.39 is 6.09 Å². The van der Waals surface area contributed by atoms with Crippen LogP contribution in [0.15, 0.2) is 48.5 Å². The first kappa shape index (κ1) is 18.7. The summed E-state index contributed by atoms with van der Waals surface area (Å²) in [6, 6.07) is 14.7. The third kappa shape index (κ3) is 4.57. The topological polar surface area (TPSA) is 87.9 Å². The van der Waals surface area contributed by atoms with Crippen LogP contribution in [-0.2, 0) is 0 Å². The molecule has 0 aliphatic carbocycles. The zero-order valence-corrected chi connectivity index (χ0v) is 15.5. The van der Waals surface area contributed by atoms with Gasteiger partial charge in [0.2, 0.25) is 0 Å². The maximum atomic E-state index is 12.5. The summed E-state index contributed by atoms with van der Waals surface area (Å²) < 4.78 is 4.91. The third-order valence-corrected chi connectivity index (χ3v) is 4.73. The van der Waals surface area contributed by atoms with Gasteiger partial charge < -0.3 is 25.6 Å². The Balaban J connectivity index is 1.67. The Bertz CT molecular complexity index is 820. The van der Waals surface area contributed by atoms with Crippen LogP contribution in [0.2, 0.25) is 0 Å². The molecule has 1 saturated heterocycles. The summed E-state index contributed by atoms with van der Waals surface area (Å²) in [5.41, 5.74) is 7.08. The molecule has 0 spiro atoms. The predicted molar refractivity (Wildman–Crippen MR) is 105 cm³/mol. The van der Waals surface area contributed by atoms with E-state index in [9.17, 15) is 9.59 Å². The molecular weight excluding hydrogens is 344 g/mol. The van der Waals surface area contributed by atoms with Crippen LogP contribution in [0.1, 0.15) is 16.8 Å². The lowest BCUT2D eigenvalue weighted by Crippen LogP contribution is -2.31. The highest BCUT2D eigenvalue weighted by atomic mass is 16.5. The summed E-state index contributed by atoms with van der Waals surface area (Å²) in [7, 11) is 4.20. The number of rotatable bonds is 5. The maximum Gasteiger partial charge on any atom is 0.410 e. The molecule has 3 rings (SSSR count). The zero-order chi connectivity index (χ0) is 19.4. The zero-order valence-electron chi connectivity index (χ0n) is 15.5. The number of nitrogens with zero attached hydrogens (tertiary/aromatic N) is 2. The Labute approximate surface area is 158 Å². The van der Waals surface area contributed by atoms with E-state index >= 15 is 0 Å². The number of anilines is 2. The molecule has 1 aliphatic heterocycles. The average Bonchev–Trinajstić information content (AvgIpc) is 3.13. The number of amides is 2. The first-order chi connectivity index (χ1) is 12.9. The minimum Gasteiger partial charge on any atom is -0.408 e. The van der Waals surface area contributed by atoms with Gasteiger partial charge in [0.1, 0.15) is 0 Å². The highest BCUT2D eigenvalue weighted by Crippen LogP contribution is 2.26. The Morgan fingerprint density at radius 2 is 1.85 bits per heavy atom. The molecule has 0 radical (unpaired) electrons. The fourth-order valence-corrected chi connectivity index (χ4v) is 3.18. The number of hydrogen-bond donors (Lipinski definition) is 2. The van der Waals surface area contributed by atoms with Crippen LogP contribution in [0.4, 0.5) is 16.2 Å². The van der Waals surface area contributed by atoms with E-state index in [4.69, 9.17) is 10.5 Å². The van der Waals surface area contributed by atoms with Gasteiger partial charge in [-0.05, 0) is 56.9 Å². The SMILES string of the molecule is CN(C)C1CCN(c2ccc(C(=O)Nc3ccccc3OC(N)=O)cc2)C1. The van der Waals surface area contributed by atoms with Crippen LogP contribution in [0.5, 0.6) is 5.75 Å². The van der Waals surface area contributed by atoms with Gasteiger partial charge in [0.05, 0.1) is 5.69 Å². The lowest BCUT2D eigenvalue weighted by atomic mass is 10.1. The molecule has 7 nitrogen and oxygen atoms in total. The second-order valence-electron chi connectivity index (χ2n) is 6.77. The molecule has 142 valence electrons. The fourth-order valence-electron chi connectivity index (χ4n) is 3.18. The van der Waals surface area contributed by atoms with Gasteiger partial charge in [-0.1, -0.05) is 12.1 Å². The van der Waals surface area contributed by atoms with Crippen molar-refractivity contribution in [1.29, 1.82) is 0 Å². The molecular formula is C20H24N4O3. The van der Waals surface area contributed by atoms with Gasteiger partial charge in [-0.15, -0.1) is 0 Å². The first-order valence-electron chi connectivity index (χ1n) is 8.83. The van der Waals surface area contributed by atoms with E-state index in [1.165, 1.54) is 0 Å². The molecule has 1 atom stereocenters. The van der Waals surface area contributed by atoms with Gasteiger partial charge in [-0.25, -0.2) is 4.79 Å². The van der Waals surface area contributed by atoms with E-state index in [1.54, 1.807) is 36.4 Å². The van der Waals surface area contributed by atoms with Gasteiger partial charge in [-0.2, -0.15) is 0 Å². The fraction of sp³-hybridized carbons (Fsp3) is 0.300. The largest absolute Gasteiger partial charge is 0.410 e. The summed E-state index contributed by atoms with van der Waals surface area (Å²) in [4.78, 5) is 28.1. The lowest BCUT2D eigenvalue weighted by molar-refractivity contribution is 0.102. The van der Waals surface area contributed by atoms with Crippen molar-refractivity contribution in [1.82, 2.24) is 4.90 Å². The third-order valence-electron chi connectivity index (χ3n) is 4.73. The van der Waals surface area contributed by atoms with Crippen LogP contribution in [-0.4, -0.2) is 50.1 Å². The molecule has 1 fully saturated rings. The van der Waals surface area contributed by atoms with Crippen LogP contribution in [0.3, 0.4) is 0 Å². The van der Waals surface area contributed by atoms with Crippen LogP contribution < -0.4 is 20.7 Å². The predicted octanol–water partition coefficient (Wildman–Crippen LogP) is 2.54. The Kier molecular flexibility index (Phi) is 5.61. The number of para-hydroxylation sites is 2. The number of nitrogens with two attached hydrogens (primary N) is 1. The Morgan fingerprint density at radius 3 is 2.48 bits per heavy atom. The lowest BCUT2D eigenvalue weighted by Gasteiger charge is -2.22. The van der Waals surface area contributed by atoms with Crippen molar-refractivity contribution >= 4 is 23.4 Å². The molecule has 2 amide bonds. The number of ether oxygens (including phenoxy) is 1. The van der Waals surface area contributed by atoms with Crippen molar-refractivity contribution in [2.45, 2.75) is 12.5 Å². The standard InChI is InChI=1S/C20H24N4O3/c1-23(2)16-11-12-24(13-16)15-9-7-14(8-10-15)19(25)22-17-5-3-4-6-18(17)27-20(21)26/h3-10,16H,11-13H2,1-2H3,(H2,21,26)(H,22,25). The number of hydrogen-bond acceptors (Lipinski definition) is 5. The molecule has 27 heavy (non-hydrogen) atoms. The summed E-state index contributed by atoms with van der Waals surface area (Å²) in [5.74, 6) is -0.0728. The molecule has 1 heterocycles. The smallest absolute Gasteiger partial charge is 0.408 e. The van der Waals surface area contributed by atoms with Crippen molar-refractivity contribution < 1.29 is 14.3 Å². The van der Waals surface area contributed by atoms with Crippen molar-refractivity contribution in [3.05, 3.63) is 54.1 Å². The van der Waals surface area contributed by atoms with Gasteiger partial charge in [0.15, 0.2) is 5.75 Å². The summed E-state index contributed by atoms with van der Waals surface area (Å²) in [6.45, 7) is 1.99. The van der Waals surface area contributed by atoms with Gasteiger partial charge in [0, 0.05) is 30.4 Å². The number of primary amides is 1. The molecule has 2 aromatic rings. The molecule has 1 aliphatic rings. The van der Waals surface area contributed by atoms with Crippen molar-refractivity contribution in [2.75, 3.05) is 37.4 Å². The van der Waals surface area contributed by atoms with Crippen molar-refractivity contribution in [3.63, 3.8) is 0 Å². The van der Waals surface area contributed by atoms with E-state index in [0.717, 1.165) is 25.2 Å². The van der Waals surface area contributed by atoms with Crippen LogP contribution >= 0.6 is 0 Å². The van der Waals surface area contributed by atoms with Gasteiger partial charge in [0.25, 0.3) is 5.91 Å². The Morgan fingerprint density at radius 1 is 1.15 bits per heavy atom. The normalized spacial score (nSPS) is 16.4. The Hall–Kier alpha value is -3.06. The molecule has 0 aromatic heterocycles. The minimum atomic E-state index is -0.928. The number of likely N-dealkylation sites (N-methyl/N-ethyl adjacent to an activating group) is 1. The molecule has 3 N–H and O–H groups in total. The van der Waals surface area contributed by atoms with Crippen molar-refractivity contribution in [2.24, 2.45) is 5.73 Å². The highest BCUT2D eigenvalue weighted by molar-refractivity contribution is 6.05. The van der Waals surface area contributed by atoms with E-state index in [1.807, 2.05) is 12.1 Å². The number of carbonyl (C=O) groups excluding carboxylic acids is 2. The summed E-state index contributed by atoms with van der Waals surface area (Å²) in [6.07, 6.45) is 0.203. The number of carbonyl (C=O) groups is 2. The van der Waals surface area contributed by atoms with E-state index in [-0.39, 0.29) is 11.7 Å². The summed E-state index contributed by atoms with van der Waals surface area (Å²) >= 11 is 0.